The summed E-state index contributed by atoms with van der Waals surface area (Å²) >= 11 is 0. The predicted octanol–water partition coefficient (Wildman–Crippen LogP) is 4.35. The Hall–Kier alpha value is -0.790. The fourth-order valence-corrected chi connectivity index (χ4v) is 2.14. The van der Waals surface area contributed by atoms with Gasteiger partial charge in [0.05, 0.1) is 5.41 Å². The second-order valence-electron chi connectivity index (χ2n) is 6.78. The molecule has 0 saturated heterocycles. The first-order valence-electron chi connectivity index (χ1n) is 7.11. The van der Waals surface area contributed by atoms with Gasteiger partial charge in [-0.3, -0.25) is 4.79 Å². The van der Waals surface area contributed by atoms with Crippen LogP contribution in [0.5, 0.6) is 0 Å². The zero-order chi connectivity index (χ0) is 14.0. The summed E-state index contributed by atoms with van der Waals surface area (Å²) < 4.78 is 5.78. The first kappa shape index (κ1) is 15.3. The summed E-state index contributed by atoms with van der Waals surface area (Å²) in [5.41, 5.74) is -0.789. The SMILES string of the molecule is CCC(C)(C)C(=O)OC(C)(C)C1C=CC(C)CC1. The fraction of sp³-hybridized carbons (Fsp3) is 0.812. The van der Waals surface area contributed by atoms with Gasteiger partial charge in [0.1, 0.15) is 5.60 Å². The molecule has 0 heterocycles. The number of carbonyl (C=O) groups excluding carboxylic acids is 1. The Balaban J connectivity index is 2.70. The minimum absolute atomic E-state index is 0.0815. The van der Waals surface area contributed by atoms with Crippen LogP contribution in [-0.4, -0.2) is 11.6 Å². The van der Waals surface area contributed by atoms with Crippen molar-refractivity contribution in [2.75, 3.05) is 0 Å². The normalized spacial score (nSPS) is 25.0. The number of esters is 1. The number of hydrogen-bond donors (Lipinski definition) is 0. The van der Waals surface area contributed by atoms with Gasteiger partial charge in [0, 0.05) is 5.92 Å². The van der Waals surface area contributed by atoms with Crippen molar-refractivity contribution >= 4 is 5.97 Å². The lowest BCUT2D eigenvalue weighted by Gasteiger charge is -2.37. The summed E-state index contributed by atoms with van der Waals surface area (Å²) in [5.74, 6) is 0.909. The molecule has 1 rings (SSSR count). The molecule has 0 aliphatic heterocycles. The second-order valence-corrected chi connectivity index (χ2v) is 6.78. The van der Waals surface area contributed by atoms with E-state index in [-0.39, 0.29) is 11.4 Å². The molecule has 0 radical (unpaired) electrons. The third-order valence-electron chi connectivity index (χ3n) is 4.29. The summed E-state index contributed by atoms with van der Waals surface area (Å²) in [7, 11) is 0. The standard InChI is InChI=1S/C16H28O2/c1-7-15(3,4)14(17)18-16(5,6)13-10-8-12(2)9-11-13/h8,10,12-13H,7,9,11H2,1-6H3. The largest absolute Gasteiger partial charge is 0.459 e. The van der Waals surface area contributed by atoms with Gasteiger partial charge in [-0.05, 0) is 52.9 Å². The Morgan fingerprint density at radius 3 is 2.28 bits per heavy atom. The molecule has 0 amide bonds. The lowest BCUT2D eigenvalue weighted by Crippen LogP contribution is -2.41. The minimum atomic E-state index is -0.403. The van der Waals surface area contributed by atoms with Crippen molar-refractivity contribution in [1.29, 1.82) is 0 Å². The number of rotatable bonds is 4. The van der Waals surface area contributed by atoms with E-state index in [0.29, 0.717) is 11.8 Å². The molecular weight excluding hydrogens is 224 g/mol. The molecule has 0 fully saturated rings. The molecule has 1 aliphatic rings. The average Bonchev–Trinajstić information content (AvgIpc) is 2.29. The maximum atomic E-state index is 12.2. The Kier molecular flexibility index (Phi) is 4.63. The van der Waals surface area contributed by atoms with Crippen LogP contribution in [0.3, 0.4) is 0 Å². The van der Waals surface area contributed by atoms with Gasteiger partial charge in [-0.2, -0.15) is 0 Å². The summed E-state index contributed by atoms with van der Waals surface area (Å²) in [6.45, 7) is 12.2. The summed E-state index contributed by atoms with van der Waals surface area (Å²) in [5, 5.41) is 0. The molecule has 2 unspecified atom stereocenters. The van der Waals surface area contributed by atoms with Crippen molar-refractivity contribution in [3.63, 3.8) is 0 Å². The highest BCUT2D eigenvalue weighted by atomic mass is 16.6. The first-order valence-corrected chi connectivity index (χ1v) is 7.11. The van der Waals surface area contributed by atoms with Gasteiger partial charge in [-0.15, -0.1) is 0 Å². The van der Waals surface area contributed by atoms with Crippen LogP contribution in [0.4, 0.5) is 0 Å². The van der Waals surface area contributed by atoms with Gasteiger partial charge in [0.2, 0.25) is 0 Å². The Labute approximate surface area is 112 Å². The van der Waals surface area contributed by atoms with Crippen LogP contribution in [0.15, 0.2) is 12.2 Å². The molecule has 2 nitrogen and oxygen atoms in total. The highest BCUT2D eigenvalue weighted by molar-refractivity contribution is 5.76. The van der Waals surface area contributed by atoms with E-state index in [1.165, 1.54) is 6.42 Å². The van der Waals surface area contributed by atoms with Gasteiger partial charge in [-0.25, -0.2) is 0 Å². The monoisotopic (exact) mass is 252 g/mol. The smallest absolute Gasteiger partial charge is 0.312 e. The van der Waals surface area contributed by atoms with Crippen LogP contribution in [0.2, 0.25) is 0 Å². The van der Waals surface area contributed by atoms with Crippen LogP contribution in [0, 0.1) is 17.3 Å². The third kappa shape index (κ3) is 3.60. The van der Waals surface area contributed by atoms with E-state index < -0.39 is 5.60 Å². The molecule has 0 saturated carbocycles. The van der Waals surface area contributed by atoms with E-state index in [1.54, 1.807) is 0 Å². The predicted molar refractivity (Wildman–Crippen MR) is 75.3 cm³/mol. The van der Waals surface area contributed by atoms with E-state index >= 15 is 0 Å². The Morgan fingerprint density at radius 1 is 1.22 bits per heavy atom. The number of carbonyl (C=O) groups is 1. The summed E-state index contributed by atoms with van der Waals surface area (Å²) in [6.07, 6.45) is 7.55. The summed E-state index contributed by atoms with van der Waals surface area (Å²) in [6, 6.07) is 0. The van der Waals surface area contributed by atoms with Crippen LogP contribution in [0.1, 0.15) is 60.8 Å². The molecule has 18 heavy (non-hydrogen) atoms. The van der Waals surface area contributed by atoms with Crippen LogP contribution in [-0.2, 0) is 9.53 Å². The first-order chi connectivity index (χ1) is 8.19. The van der Waals surface area contributed by atoms with E-state index in [9.17, 15) is 4.79 Å². The molecule has 0 N–H and O–H groups in total. The zero-order valence-corrected chi connectivity index (χ0v) is 12.7. The minimum Gasteiger partial charge on any atom is -0.459 e. The summed E-state index contributed by atoms with van der Waals surface area (Å²) in [4.78, 5) is 12.2. The average molecular weight is 252 g/mol. The van der Waals surface area contributed by atoms with Crippen molar-refractivity contribution in [3.05, 3.63) is 12.2 Å². The van der Waals surface area contributed by atoms with Gasteiger partial charge in [-0.1, -0.05) is 26.0 Å². The molecule has 2 heteroatoms. The topological polar surface area (TPSA) is 26.3 Å². The zero-order valence-electron chi connectivity index (χ0n) is 12.7. The Bertz CT molecular complexity index is 326. The van der Waals surface area contributed by atoms with Gasteiger partial charge in [0.25, 0.3) is 0 Å². The maximum Gasteiger partial charge on any atom is 0.312 e. The van der Waals surface area contributed by atoms with E-state index in [2.05, 4.69) is 19.1 Å². The number of allylic oxidation sites excluding steroid dienone is 1. The maximum absolute atomic E-state index is 12.2. The second kappa shape index (κ2) is 5.46. The molecule has 104 valence electrons. The van der Waals surface area contributed by atoms with Crippen molar-refractivity contribution < 1.29 is 9.53 Å². The molecule has 0 bridgehead atoms. The third-order valence-corrected chi connectivity index (χ3v) is 4.29. The van der Waals surface area contributed by atoms with E-state index in [4.69, 9.17) is 4.74 Å². The van der Waals surface area contributed by atoms with Crippen molar-refractivity contribution in [3.8, 4) is 0 Å². The molecule has 0 spiro atoms. The molecule has 1 aliphatic carbocycles. The van der Waals surface area contributed by atoms with Crippen molar-refractivity contribution in [1.82, 2.24) is 0 Å². The molecular formula is C16H28O2. The van der Waals surface area contributed by atoms with Gasteiger partial charge >= 0.3 is 5.97 Å². The van der Waals surface area contributed by atoms with Crippen LogP contribution >= 0.6 is 0 Å². The highest BCUT2D eigenvalue weighted by Gasteiger charge is 2.37. The van der Waals surface area contributed by atoms with Crippen LogP contribution in [0.25, 0.3) is 0 Å². The highest BCUT2D eigenvalue weighted by Crippen LogP contribution is 2.34. The number of hydrogen-bond acceptors (Lipinski definition) is 2. The Morgan fingerprint density at radius 2 is 1.83 bits per heavy atom. The molecule has 0 aromatic heterocycles. The lowest BCUT2D eigenvalue weighted by atomic mass is 9.80. The molecule has 0 aromatic rings. The van der Waals surface area contributed by atoms with Crippen molar-refractivity contribution in [2.24, 2.45) is 17.3 Å². The molecule has 0 aromatic carbocycles. The van der Waals surface area contributed by atoms with E-state index in [0.717, 1.165) is 12.8 Å². The quantitative estimate of drug-likeness (QED) is 0.549. The van der Waals surface area contributed by atoms with E-state index in [1.807, 2.05) is 34.6 Å². The van der Waals surface area contributed by atoms with Crippen molar-refractivity contribution in [2.45, 2.75) is 66.4 Å². The van der Waals surface area contributed by atoms with Gasteiger partial charge in [0.15, 0.2) is 0 Å². The van der Waals surface area contributed by atoms with Gasteiger partial charge < -0.3 is 4.74 Å². The fourth-order valence-electron chi connectivity index (χ4n) is 2.14. The molecule has 2 atom stereocenters. The lowest BCUT2D eigenvalue weighted by molar-refractivity contribution is -0.171. The van der Waals surface area contributed by atoms with Crippen LogP contribution < -0.4 is 0 Å². The number of ether oxygens (including phenoxy) is 1.